The van der Waals surface area contributed by atoms with Crippen LogP contribution in [0.2, 0.25) is 0 Å². The van der Waals surface area contributed by atoms with Crippen molar-refractivity contribution in [2.24, 2.45) is 0 Å². The molecule has 2 saturated heterocycles. The Labute approximate surface area is 158 Å². The van der Waals surface area contributed by atoms with Gasteiger partial charge in [-0.25, -0.2) is 0 Å². The van der Waals surface area contributed by atoms with E-state index in [1.165, 1.54) is 62.9 Å². The van der Waals surface area contributed by atoms with Crippen molar-refractivity contribution in [3.05, 3.63) is 0 Å². The smallest absolute Gasteiger partial charge is 0.219 e. The molecular weight excluding hydrogens is 362 g/mol. The SMILES string of the molecule is O=C(CCCCC1CCCSS1)NCCCCCC1CCSS1. The maximum absolute atomic E-state index is 11.8. The van der Waals surface area contributed by atoms with Crippen LogP contribution < -0.4 is 5.32 Å². The molecule has 2 atom stereocenters. The minimum atomic E-state index is 0.262. The summed E-state index contributed by atoms with van der Waals surface area (Å²) in [5.74, 6) is 2.92. The lowest BCUT2D eigenvalue weighted by atomic mass is 10.1. The lowest BCUT2D eigenvalue weighted by molar-refractivity contribution is -0.121. The zero-order valence-electron chi connectivity index (χ0n) is 14.1. The molecule has 2 aliphatic heterocycles. The highest BCUT2D eigenvalue weighted by Gasteiger charge is 2.15. The summed E-state index contributed by atoms with van der Waals surface area (Å²) in [7, 11) is 8.20. The Kier molecular flexibility index (Phi) is 11.5. The van der Waals surface area contributed by atoms with Crippen molar-refractivity contribution >= 4 is 49.1 Å². The van der Waals surface area contributed by atoms with Gasteiger partial charge in [0.15, 0.2) is 0 Å². The quantitative estimate of drug-likeness (QED) is 0.347. The highest BCUT2D eigenvalue weighted by molar-refractivity contribution is 8.77. The molecule has 2 rings (SSSR count). The van der Waals surface area contributed by atoms with Crippen LogP contribution in [0.15, 0.2) is 0 Å². The maximum Gasteiger partial charge on any atom is 0.219 e. The molecule has 0 bridgehead atoms. The molecule has 2 fully saturated rings. The van der Waals surface area contributed by atoms with Gasteiger partial charge in [0, 0.05) is 35.0 Å². The third-order valence-electron chi connectivity index (χ3n) is 4.39. The standard InChI is InChI=1S/C17H31NOS4/c19-17(10-4-3-8-15-9-6-13-20-22-15)18-12-5-1-2-7-16-11-14-21-23-16/h15-16H,1-14H2,(H,18,19). The van der Waals surface area contributed by atoms with Gasteiger partial charge in [-0.3, -0.25) is 4.79 Å². The van der Waals surface area contributed by atoms with Crippen molar-refractivity contribution in [2.45, 2.75) is 81.1 Å². The van der Waals surface area contributed by atoms with Crippen LogP contribution in [0.25, 0.3) is 0 Å². The van der Waals surface area contributed by atoms with E-state index in [2.05, 4.69) is 26.9 Å². The van der Waals surface area contributed by atoms with Gasteiger partial charge >= 0.3 is 0 Å². The summed E-state index contributed by atoms with van der Waals surface area (Å²) in [6.45, 7) is 0.876. The van der Waals surface area contributed by atoms with Crippen LogP contribution in [0.5, 0.6) is 0 Å². The Morgan fingerprint density at radius 3 is 2.35 bits per heavy atom. The summed E-state index contributed by atoms with van der Waals surface area (Å²) in [4.78, 5) is 11.8. The molecule has 0 spiro atoms. The van der Waals surface area contributed by atoms with E-state index < -0.39 is 0 Å². The van der Waals surface area contributed by atoms with E-state index in [0.29, 0.717) is 0 Å². The lowest BCUT2D eigenvalue weighted by Gasteiger charge is -2.19. The third-order valence-corrected chi connectivity index (χ3v) is 10.5. The largest absolute Gasteiger partial charge is 0.356 e. The summed E-state index contributed by atoms with van der Waals surface area (Å²) >= 11 is 0. The first kappa shape index (κ1) is 20.2. The van der Waals surface area contributed by atoms with Gasteiger partial charge in [-0.2, -0.15) is 0 Å². The second kappa shape index (κ2) is 13.1. The van der Waals surface area contributed by atoms with Crippen LogP contribution in [0.3, 0.4) is 0 Å². The summed E-state index contributed by atoms with van der Waals surface area (Å²) < 4.78 is 0. The van der Waals surface area contributed by atoms with E-state index in [4.69, 9.17) is 0 Å². The monoisotopic (exact) mass is 393 g/mol. The van der Waals surface area contributed by atoms with Gasteiger partial charge in [-0.05, 0) is 44.9 Å². The Bertz CT molecular complexity index is 318. The van der Waals surface area contributed by atoms with Crippen LogP contribution in [-0.2, 0) is 4.79 Å². The molecule has 0 aromatic heterocycles. The fraction of sp³-hybridized carbons (Fsp3) is 0.941. The molecule has 0 saturated carbocycles. The topological polar surface area (TPSA) is 29.1 Å². The number of carbonyl (C=O) groups excluding carboxylic acids is 1. The molecular formula is C17H31NOS4. The third kappa shape index (κ3) is 9.81. The first-order valence-corrected chi connectivity index (χ1v) is 13.9. The average molecular weight is 394 g/mol. The van der Waals surface area contributed by atoms with Gasteiger partial charge in [-0.1, -0.05) is 62.4 Å². The van der Waals surface area contributed by atoms with Crippen LogP contribution in [0, 0.1) is 0 Å². The second-order valence-electron chi connectivity index (χ2n) is 6.46. The van der Waals surface area contributed by atoms with Crippen molar-refractivity contribution in [3.8, 4) is 0 Å². The molecule has 0 aromatic carbocycles. The number of amides is 1. The Morgan fingerprint density at radius 2 is 1.61 bits per heavy atom. The molecule has 134 valence electrons. The minimum absolute atomic E-state index is 0.262. The van der Waals surface area contributed by atoms with Gasteiger partial charge < -0.3 is 5.32 Å². The molecule has 2 unspecified atom stereocenters. The van der Waals surface area contributed by atoms with E-state index in [9.17, 15) is 4.79 Å². The predicted octanol–water partition coefficient (Wildman–Crippen LogP) is 5.92. The van der Waals surface area contributed by atoms with Crippen LogP contribution >= 0.6 is 43.2 Å². The zero-order valence-corrected chi connectivity index (χ0v) is 17.4. The van der Waals surface area contributed by atoms with Crippen molar-refractivity contribution in [1.82, 2.24) is 5.32 Å². The number of unbranched alkanes of at least 4 members (excludes halogenated alkanes) is 3. The number of rotatable bonds is 11. The number of hydrogen-bond acceptors (Lipinski definition) is 5. The molecule has 1 N–H and O–H groups in total. The first-order chi connectivity index (χ1) is 11.3. The molecule has 0 aromatic rings. The molecule has 0 aliphatic carbocycles. The number of hydrogen-bond donors (Lipinski definition) is 1. The molecule has 0 radical (unpaired) electrons. The Hall–Kier alpha value is 0.870. The number of carbonyl (C=O) groups is 1. The van der Waals surface area contributed by atoms with Crippen LogP contribution in [0.1, 0.15) is 70.6 Å². The van der Waals surface area contributed by atoms with Gasteiger partial charge in [0.25, 0.3) is 0 Å². The lowest BCUT2D eigenvalue weighted by Crippen LogP contribution is -2.24. The highest BCUT2D eigenvalue weighted by Crippen LogP contribution is 2.40. The van der Waals surface area contributed by atoms with Crippen LogP contribution in [0.4, 0.5) is 0 Å². The fourth-order valence-electron chi connectivity index (χ4n) is 2.97. The second-order valence-corrected chi connectivity index (χ2v) is 12.0. The average Bonchev–Trinajstić information content (AvgIpc) is 3.09. The normalized spacial score (nSPS) is 24.7. The van der Waals surface area contributed by atoms with E-state index in [-0.39, 0.29) is 5.91 Å². The van der Waals surface area contributed by atoms with Gasteiger partial charge in [-0.15, -0.1) is 0 Å². The van der Waals surface area contributed by atoms with Crippen molar-refractivity contribution in [3.63, 3.8) is 0 Å². The first-order valence-electron chi connectivity index (χ1n) is 9.18. The Morgan fingerprint density at radius 1 is 0.870 bits per heavy atom. The van der Waals surface area contributed by atoms with Crippen molar-refractivity contribution in [2.75, 3.05) is 18.1 Å². The molecule has 23 heavy (non-hydrogen) atoms. The number of nitrogens with one attached hydrogen (secondary N) is 1. The van der Waals surface area contributed by atoms with Gasteiger partial charge in [0.2, 0.25) is 5.91 Å². The van der Waals surface area contributed by atoms with Gasteiger partial charge in [0.05, 0.1) is 0 Å². The summed E-state index contributed by atoms with van der Waals surface area (Å²) in [5, 5.41) is 4.83. The van der Waals surface area contributed by atoms with E-state index >= 15 is 0 Å². The molecule has 6 heteroatoms. The minimum Gasteiger partial charge on any atom is -0.356 e. The van der Waals surface area contributed by atoms with E-state index in [1.54, 1.807) is 0 Å². The summed E-state index contributed by atoms with van der Waals surface area (Å²) in [6, 6.07) is 0. The molecule has 2 aliphatic rings. The van der Waals surface area contributed by atoms with Crippen LogP contribution in [-0.4, -0.2) is 34.5 Å². The predicted molar refractivity (Wildman–Crippen MR) is 111 cm³/mol. The van der Waals surface area contributed by atoms with Crippen molar-refractivity contribution in [1.29, 1.82) is 0 Å². The Balaban J connectivity index is 1.34. The molecule has 2 heterocycles. The fourth-order valence-corrected chi connectivity index (χ4v) is 8.89. The van der Waals surface area contributed by atoms with Gasteiger partial charge in [0.1, 0.15) is 0 Å². The maximum atomic E-state index is 11.8. The highest BCUT2D eigenvalue weighted by atomic mass is 33.1. The zero-order chi connectivity index (χ0) is 16.2. The van der Waals surface area contributed by atoms with Crippen molar-refractivity contribution < 1.29 is 4.79 Å². The summed E-state index contributed by atoms with van der Waals surface area (Å²) in [6.07, 6.45) is 13.5. The molecule has 2 nitrogen and oxygen atoms in total. The van der Waals surface area contributed by atoms with E-state index in [0.717, 1.165) is 36.3 Å². The van der Waals surface area contributed by atoms with E-state index in [1.807, 2.05) is 21.6 Å². The summed E-state index contributed by atoms with van der Waals surface area (Å²) in [5.41, 5.74) is 0. The molecule has 1 amide bonds.